The Labute approximate surface area is 112 Å². The minimum absolute atomic E-state index is 0.152. The van der Waals surface area contributed by atoms with Gasteiger partial charge in [-0.15, -0.1) is 0 Å². The maximum absolute atomic E-state index is 11.3. The molecule has 0 amide bonds. The number of imidazole rings is 1. The molecule has 1 atom stereocenters. The van der Waals surface area contributed by atoms with E-state index >= 15 is 0 Å². The largest absolute Gasteiger partial charge is 0.476 e. The number of aliphatic hydroxyl groups is 1. The van der Waals surface area contributed by atoms with Gasteiger partial charge < -0.3 is 14.8 Å². The first-order valence-electron chi connectivity index (χ1n) is 7.21. The predicted molar refractivity (Wildman–Crippen MR) is 69.2 cm³/mol. The number of aromatic nitrogens is 2. The Hall–Kier alpha value is -1.36. The van der Waals surface area contributed by atoms with Crippen molar-refractivity contribution in [1.29, 1.82) is 0 Å². The van der Waals surface area contributed by atoms with E-state index in [1.807, 2.05) is 4.57 Å². The summed E-state index contributed by atoms with van der Waals surface area (Å²) in [5, 5.41) is 19.5. The average molecular weight is 264 g/mol. The van der Waals surface area contributed by atoms with Gasteiger partial charge in [-0.3, -0.25) is 0 Å². The van der Waals surface area contributed by atoms with Crippen LogP contribution in [-0.4, -0.2) is 25.7 Å². The number of carbonyl (C=O) groups is 1. The first-order valence-corrected chi connectivity index (χ1v) is 7.21. The molecule has 0 spiro atoms. The lowest BCUT2D eigenvalue weighted by Gasteiger charge is -2.27. The van der Waals surface area contributed by atoms with Crippen molar-refractivity contribution < 1.29 is 15.0 Å². The molecule has 1 aromatic heterocycles. The standard InChI is InChI=1S/C14H20N2O3/c17-11-8-4-7-10-12(14(18)19)15-13(16(10)11)9-5-2-1-3-6-9/h9,11,17H,1-8H2,(H,18,19). The first kappa shape index (κ1) is 12.7. The van der Waals surface area contributed by atoms with E-state index in [-0.39, 0.29) is 5.69 Å². The van der Waals surface area contributed by atoms with Crippen LogP contribution in [0.15, 0.2) is 0 Å². The lowest BCUT2D eigenvalue weighted by Crippen LogP contribution is -2.22. The summed E-state index contributed by atoms with van der Waals surface area (Å²) in [6.45, 7) is 0. The molecule has 1 aromatic rings. The summed E-state index contributed by atoms with van der Waals surface area (Å²) in [6, 6.07) is 0. The number of aromatic carboxylic acids is 1. The second-order valence-corrected chi connectivity index (χ2v) is 5.65. The van der Waals surface area contributed by atoms with Crippen molar-refractivity contribution in [2.24, 2.45) is 0 Å². The number of hydrogen-bond acceptors (Lipinski definition) is 3. The summed E-state index contributed by atoms with van der Waals surface area (Å²) in [6.07, 6.45) is 7.35. The van der Waals surface area contributed by atoms with Gasteiger partial charge in [-0.1, -0.05) is 19.3 Å². The molecule has 2 N–H and O–H groups in total. The number of aliphatic hydroxyl groups excluding tert-OH is 1. The van der Waals surface area contributed by atoms with Gasteiger partial charge in [-0.25, -0.2) is 9.78 Å². The Morgan fingerprint density at radius 1 is 1.16 bits per heavy atom. The molecule has 104 valence electrons. The minimum Gasteiger partial charge on any atom is -0.476 e. The quantitative estimate of drug-likeness (QED) is 0.860. The molecule has 2 heterocycles. The molecule has 5 nitrogen and oxygen atoms in total. The van der Waals surface area contributed by atoms with E-state index in [4.69, 9.17) is 0 Å². The van der Waals surface area contributed by atoms with Crippen LogP contribution in [0.3, 0.4) is 0 Å². The fourth-order valence-corrected chi connectivity index (χ4v) is 3.46. The van der Waals surface area contributed by atoms with Gasteiger partial charge in [0.15, 0.2) is 5.69 Å². The zero-order valence-electron chi connectivity index (χ0n) is 11.0. The van der Waals surface area contributed by atoms with Gasteiger partial charge in [0.05, 0.1) is 5.69 Å². The van der Waals surface area contributed by atoms with Crippen molar-refractivity contribution in [3.63, 3.8) is 0 Å². The topological polar surface area (TPSA) is 75.3 Å². The number of nitrogens with zero attached hydrogens (tertiary/aromatic N) is 2. The SMILES string of the molecule is O=C(O)c1nc(C2CCCCC2)n2c1CCCC2O. The van der Waals surface area contributed by atoms with Gasteiger partial charge in [-0.05, 0) is 32.1 Å². The Bertz CT molecular complexity index is 489. The van der Waals surface area contributed by atoms with Crippen molar-refractivity contribution in [2.45, 2.75) is 63.5 Å². The van der Waals surface area contributed by atoms with Crippen LogP contribution in [0.25, 0.3) is 0 Å². The smallest absolute Gasteiger partial charge is 0.356 e. The number of carboxylic acid groups (broad SMARTS) is 1. The van der Waals surface area contributed by atoms with Crippen molar-refractivity contribution in [3.05, 3.63) is 17.2 Å². The molecule has 1 unspecified atom stereocenters. The highest BCUT2D eigenvalue weighted by molar-refractivity contribution is 5.87. The second kappa shape index (κ2) is 4.96. The Kier molecular flexibility index (Phi) is 3.31. The monoisotopic (exact) mass is 264 g/mol. The van der Waals surface area contributed by atoms with E-state index in [1.54, 1.807) is 0 Å². The summed E-state index contributed by atoms with van der Waals surface area (Å²) < 4.78 is 1.81. The molecule has 0 radical (unpaired) electrons. The zero-order valence-corrected chi connectivity index (χ0v) is 11.0. The molecular weight excluding hydrogens is 244 g/mol. The zero-order chi connectivity index (χ0) is 13.4. The molecule has 19 heavy (non-hydrogen) atoms. The molecule has 0 bridgehead atoms. The Morgan fingerprint density at radius 2 is 1.89 bits per heavy atom. The van der Waals surface area contributed by atoms with Crippen LogP contribution in [0, 0.1) is 0 Å². The second-order valence-electron chi connectivity index (χ2n) is 5.65. The Morgan fingerprint density at radius 3 is 2.58 bits per heavy atom. The molecule has 1 aliphatic heterocycles. The molecule has 0 saturated heterocycles. The van der Waals surface area contributed by atoms with E-state index in [0.717, 1.165) is 25.1 Å². The van der Waals surface area contributed by atoms with E-state index < -0.39 is 12.2 Å². The summed E-state index contributed by atoms with van der Waals surface area (Å²) in [5.41, 5.74) is 0.867. The molecule has 1 fully saturated rings. The van der Waals surface area contributed by atoms with Crippen LogP contribution in [0.4, 0.5) is 0 Å². The van der Waals surface area contributed by atoms with Crippen molar-refractivity contribution >= 4 is 5.97 Å². The van der Waals surface area contributed by atoms with Crippen LogP contribution in [-0.2, 0) is 6.42 Å². The van der Waals surface area contributed by atoms with Crippen LogP contribution in [0.2, 0.25) is 0 Å². The number of rotatable bonds is 2. The van der Waals surface area contributed by atoms with Gasteiger partial charge in [0, 0.05) is 5.92 Å². The van der Waals surface area contributed by atoms with Gasteiger partial charge in [0.2, 0.25) is 0 Å². The molecule has 2 aliphatic rings. The highest BCUT2D eigenvalue weighted by atomic mass is 16.4. The summed E-state index contributed by atoms with van der Waals surface area (Å²) in [4.78, 5) is 15.7. The highest BCUT2D eigenvalue weighted by Crippen LogP contribution is 2.37. The molecular formula is C14H20N2O3. The first-order chi connectivity index (χ1) is 9.18. The van der Waals surface area contributed by atoms with Crippen molar-refractivity contribution in [1.82, 2.24) is 9.55 Å². The third-order valence-corrected chi connectivity index (χ3v) is 4.38. The maximum Gasteiger partial charge on any atom is 0.356 e. The number of hydrogen-bond donors (Lipinski definition) is 2. The van der Waals surface area contributed by atoms with Gasteiger partial charge >= 0.3 is 5.97 Å². The summed E-state index contributed by atoms with van der Waals surface area (Å²) in [7, 11) is 0. The number of fused-ring (bicyclic) bond motifs is 1. The normalized spacial score (nSPS) is 24.2. The molecule has 1 aliphatic carbocycles. The molecule has 5 heteroatoms. The fraction of sp³-hybridized carbons (Fsp3) is 0.714. The van der Waals surface area contributed by atoms with E-state index in [9.17, 15) is 15.0 Å². The third-order valence-electron chi connectivity index (χ3n) is 4.38. The molecule has 0 aromatic carbocycles. The van der Waals surface area contributed by atoms with Crippen molar-refractivity contribution in [3.8, 4) is 0 Å². The maximum atomic E-state index is 11.3. The average Bonchev–Trinajstić information content (AvgIpc) is 2.81. The third kappa shape index (κ3) is 2.16. The lowest BCUT2D eigenvalue weighted by atomic mass is 9.88. The van der Waals surface area contributed by atoms with Gasteiger partial charge in [0.1, 0.15) is 12.1 Å². The van der Waals surface area contributed by atoms with E-state index in [2.05, 4.69) is 4.98 Å². The van der Waals surface area contributed by atoms with E-state index in [1.165, 1.54) is 19.3 Å². The van der Waals surface area contributed by atoms with Crippen LogP contribution in [0.1, 0.15) is 79.1 Å². The van der Waals surface area contributed by atoms with Gasteiger partial charge in [0.25, 0.3) is 0 Å². The van der Waals surface area contributed by atoms with Crippen LogP contribution >= 0.6 is 0 Å². The van der Waals surface area contributed by atoms with E-state index in [0.29, 0.717) is 24.5 Å². The predicted octanol–water partition coefficient (Wildman–Crippen LogP) is 2.46. The minimum atomic E-state index is -0.972. The lowest BCUT2D eigenvalue weighted by molar-refractivity contribution is 0.0672. The molecule has 3 rings (SSSR count). The van der Waals surface area contributed by atoms with Gasteiger partial charge in [-0.2, -0.15) is 0 Å². The van der Waals surface area contributed by atoms with Crippen molar-refractivity contribution in [2.75, 3.05) is 0 Å². The Balaban J connectivity index is 2.05. The highest BCUT2D eigenvalue weighted by Gasteiger charge is 2.32. The number of carboxylic acids is 1. The van der Waals surface area contributed by atoms with Crippen LogP contribution in [0.5, 0.6) is 0 Å². The summed E-state index contributed by atoms with van der Waals surface area (Å²) >= 11 is 0. The van der Waals surface area contributed by atoms with Crippen LogP contribution < -0.4 is 0 Å². The fourth-order valence-electron chi connectivity index (χ4n) is 3.46. The molecule has 1 saturated carbocycles. The summed E-state index contributed by atoms with van der Waals surface area (Å²) in [5.74, 6) is 0.146.